The molecule has 0 heterocycles. The largest absolute Gasteiger partial charge is 0.313 e. The van der Waals surface area contributed by atoms with E-state index in [-0.39, 0.29) is 5.54 Å². The molecule has 2 N–H and O–H groups in total. The van der Waals surface area contributed by atoms with Gasteiger partial charge in [-0.2, -0.15) is 0 Å². The van der Waals surface area contributed by atoms with Crippen LogP contribution in [0.4, 0.5) is 0 Å². The van der Waals surface area contributed by atoms with Crippen molar-refractivity contribution < 1.29 is 0 Å². The lowest BCUT2D eigenvalue weighted by Crippen LogP contribution is -2.44. The molecular formula is C17H30N2. The predicted octanol–water partition coefficient (Wildman–Crippen LogP) is 3.29. The highest BCUT2D eigenvalue weighted by molar-refractivity contribution is 5.25. The minimum atomic E-state index is 0.205. The minimum absolute atomic E-state index is 0.205. The van der Waals surface area contributed by atoms with E-state index in [9.17, 15) is 0 Å². The average Bonchev–Trinajstić information content (AvgIpc) is 2.33. The van der Waals surface area contributed by atoms with Gasteiger partial charge in [0.15, 0.2) is 0 Å². The Morgan fingerprint density at radius 1 is 1.16 bits per heavy atom. The van der Waals surface area contributed by atoms with Crippen molar-refractivity contribution in [1.82, 2.24) is 10.6 Å². The van der Waals surface area contributed by atoms with Crippen LogP contribution in [0.1, 0.15) is 45.2 Å². The van der Waals surface area contributed by atoms with E-state index in [1.807, 2.05) is 0 Å². The van der Waals surface area contributed by atoms with Crippen LogP contribution in [0.2, 0.25) is 0 Å². The third-order valence-corrected chi connectivity index (χ3v) is 3.32. The Bertz CT molecular complexity index is 366. The first-order valence-corrected chi connectivity index (χ1v) is 7.41. The summed E-state index contributed by atoms with van der Waals surface area (Å²) >= 11 is 0. The molecule has 0 aliphatic heterocycles. The van der Waals surface area contributed by atoms with Crippen LogP contribution in [0, 0.1) is 6.92 Å². The molecule has 0 amide bonds. The van der Waals surface area contributed by atoms with Gasteiger partial charge in [-0.3, -0.25) is 0 Å². The third-order valence-electron chi connectivity index (χ3n) is 3.32. The molecule has 0 saturated heterocycles. The molecular weight excluding hydrogens is 232 g/mol. The molecule has 1 rings (SSSR count). The van der Waals surface area contributed by atoms with Crippen LogP contribution in [0.15, 0.2) is 24.3 Å². The van der Waals surface area contributed by atoms with Gasteiger partial charge in [0, 0.05) is 18.1 Å². The SMILES string of the molecule is Cc1ccccc1CCCNC(C)CNC(C)(C)C. The summed E-state index contributed by atoms with van der Waals surface area (Å²) in [4.78, 5) is 0. The average molecular weight is 262 g/mol. The first-order chi connectivity index (χ1) is 8.88. The molecule has 0 radical (unpaired) electrons. The second-order valence-electron chi connectivity index (χ2n) is 6.52. The molecule has 0 aliphatic carbocycles. The van der Waals surface area contributed by atoms with Gasteiger partial charge in [0.1, 0.15) is 0 Å². The maximum absolute atomic E-state index is 3.58. The number of rotatable bonds is 7. The third kappa shape index (κ3) is 7.34. The summed E-state index contributed by atoms with van der Waals surface area (Å²) in [5, 5.41) is 7.11. The Morgan fingerprint density at radius 3 is 2.47 bits per heavy atom. The van der Waals surface area contributed by atoms with Gasteiger partial charge in [-0.15, -0.1) is 0 Å². The second-order valence-corrected chi connectivity index (χ2v) is 6.52. The molecule has 1 unspecified atom stereocenters. The van der Waals surface area contributed by atoms with Crippen molar-refractivity contribution in [1.29, 1.82) is 0 Å². The van der Waals surface area contributed by atoms with Crippen LogP contribution in [-0.4, -0.2) is 24.7 Å². The van der Waals surface area contributed by atoms with Crippen LogP contribution in [0.25, 0.3) is 0 Å². The molecule has 1 aromatic carbocycles. The zero-order chi connectivity index (χ0) is 14.3. The first kappa shape index (κ1) is 16.2. The Kier molecular flexibility index (Phi) is 6.53. The van der Waals surface area contributed by atoms with Gasteiger partial charge in [0.05, 0.1) is 0 Å². The van der Waals surface area contributed by atoms with E-state index < -0.39 is 0 Å². The molecule has 19 heavy (non-hydrogen) atoms. The van der Waals surface area contributed by atoms with Gasteiger partial charge in [-0.05, 0) is 65.1 Å². The van der Waals surface area contributed by atoms with E-state index in [4.69, 9.17) is 0 Å². The van der Waals surface area contributed by atoms with Gasteiger partial charge in [-0.1, -0.05) is 24.3 Å². The van der Waals surface area contributed by atoms with Gasteiger partial charge in [0.25, 0.3) is 0 Å². The lowest BCUT2D eigenvalue weighted by molar-refractivity contribution is 0.387. The van der Waals surface area contributed by atoms with Crippen LogP contribution in [-0.2, 0) is 6.42 Å². The lowest BCUT2D eigenvalue weighted by Gasteiger charge is -2.24. The van der Waals surface area contributed by atoms with Gasteiger partial charge in [0.2, 0.25) is 0 Å². The van der Waals surface area contributed by atoms with Crippen molar-refractivity contribution in [2.24, 2.45) is 0 Å². The summed E-state index contributed by atoms with van der Waals surface area (Å²) in [5.74, 6) is 0. The van der Waals surface area contributed by atoms with E-state index in [1.165, 1.54) is 24.0 Å². The number of hydrogen-bond donors (Lipinski definition) is 2. The summed E-state index contributed by atoms with van der Waals surface area (Å²) in [6.45, 7) is 13.2. The number of nitrogens with one attached hydrogen (secondary N) is 2. The summed E-state index contributed by atoms with van der Waals surface area (Å²) < 4.78 is 0. The summed E-state index contributed by atoms with van der Waals surface area (Å²) in [6, 6.07) is 9.19. The monoisotopic (exact) mass is 262 g/mol. The molecule has 1 aromatic rings. The van der Waals surface area contributed by atoms with Crippen molar-refractivity contribution in [3.05, 3.63) is 35.4 Å². The Morgan fingerprint density at radius 2 is 1.84 bits per heavy atom. The topological polar surface area (TPSA) is 24.1 Å². The Labute approximate surface area is 119 Å². The van der Waals surface area contributed by atoms with Crippen molar-refractivity contribution >= 4 is 0 Å². The first-order valence-electron chi connectivity index (χ1n) is 7.41. The van der Waals surface area contributed by atoms with Crippen LogP contribution >= 0.6 is 0 Å². The van der Waals surface area contributed by atoms with Crippen molar-refractivity contribution in [2.45, 2.75) is 59.0 Å². The van der Waals surface area contributed by atoms with Crippen LogP contribution < -0.4 is 10.6 Å². The predicted molar refractivity (Wildman–Crippen MR) is 84.7 cm³/mol. The van der Waals surface area contributed by atoms with Crippen LogP contribution in [0.3, 0.4) is 0 Å². The fourth-order valence-corrected chi connectivity index (χ4v) is 2.05. The van der Waals surface area contributed by atoms with Crippen molar-refractivity contribution in [3.63, 3.8) is 0 Å². The zero-order valence-electron chi connectivity index (χ0n) is 13.2. The highest BCUT2D eigenvalue weighted by Gasteiger charge is 2.10. The van der Waals surface area contributed by atoms with E-state index in [1.54, 1.807) is 0 Å². The normalized spacial score (nSPS) is 13.5. The molecule has 0 saturated carbocycles. The maximum Gasteiger partial charge on any atom is 0.0164 e. The quantitative estimate of drug-likeness (QED) is 0.737. The standard InChI is InChI=1S/C17H30N2/c1-14-9-6-7-10-16(14)11-8-12-18-15(2)13-19-17(3,4)5/h6-7,9-10,15,18-19H,8,11-13H2,1-5H3. The minimum Gasteiger partial charge on any atom is -0.313 e. The lowest BCUT2D eigenvalue weighted by atomic mass is 10.0. The van der Waals surface area contributed by atoms with E-state index in [0.29, 0.717) is 6.04 Å². The number of hydrogen-bond acceptors (Lipinski definition) is 2. The fraction of sp³-hybridized carbons (Fsp3) is 0.647. The maximum atomic E-state index is 3.58. The molecule has 2 heteroatoms. The van der Waals surface area contributed by atoms with E-state index in [0.717, 1.165) is 13.1 Å². The number of aryl methyl sites for hydroxylation is 2. The van der Waals surface area contributed by atoms with Gasteiger partial charge in [-0.25, -0.2) is 0 Å². The highest BCUT2D eigenvalue weighted by atomic mass is 15.0. The van der Waals surface area contributed by atoms with Gasteiger partial charge >= 0.3 is 0 Å². The fourth-order valence-electron chi connectivity index (χ4n) is 2.05. The Hall–Kier alpha value is -0.860. The smallest absolute Gasteiger partial charge is 0.0164 e. The van der Waals surface area contributed by atoms with Crippen LogP contribution in [0.5, 0.6) is 0 Å². The Balaban J connectivity index is 2.15. The zero-order valence-corrected chi connectivity index (χ0v) is 13.2. The number of benzene rings is 1. The van der Waals surface area contributed by atoms with Crippen molar-refractivity contribution in [3.8, 4) is 0 Å². The molecule has 0 bridgehead atoms. The molecule has 0 spiro atoms. The summed E-state index contributed by atoms with van der Waals surface area (Å²) in [7, 11) is 0. The summed E-state index contributed by atoms with van der Waals surface area (Å²) in [5.41, 5.74) is 3.09. The second kappa shape index (κ2) is 7.66. The van der Waals surface area contributed by atoms with Gasteiger partial charge < -0.3 is 10.6 Å². The van der Waals surface area contributed by atoms with Crippen molar-refractivity contribution in [2.75, 3.05) is 13.1 Å². The van der Waals surface area contributed by atoms with E-state index in [2.05, 4.69) is 69.5 Å². The van der Waals surface area contributed by atoms with E-state index >= 15 is 0 Å². The molecule has 2 nitrogen and oxygen atoms in total. The summed E-state index contributed by atoms with van der Waals surface area (Å²) in [6.07, 6.45) is 2.36. The molecule has 1 atom stereocenters. The molecule has 0 aliphatic rings. The molecule has 0 aromatic heterocycles. The molecule has 108 valence electrons. The molecule has 0 fully saturated rings. The highest BCUT2D eigenvalue weighted by Crippen LogP contribution is 2.08.